The van der Waals surface area contributed by atoms with E-state index in [1.54, 1.807) is 0 Å². The maximum absolute atomic E-state index is 5.46. The SMILES string of the molecule is C(=C\c1ccccc1)/CNCNC/C=C/c1ccccc1.C1CCOC1.ClC/C=C/c1ccccc1.NCN. The molecule has 0 saturated carbocycles. The van der Waals surface area contributed by atoms with Gasteiger partial charge in [0.25, 0.3) is 0 Å². The monoisotopic (exact) mass is 548 g/mol. The van der Waals surface area contributed by atoms with Crippen LogP contribution < -0.4 is 22.1 Å². The molecule has 6 heteroatoms. The Balaban J connectivity index is 0.000000345. The summed E-state index contributed by atoms with van der Waals surface area (Å²) in [6.07, 6.45) is 15.0. The number of halogens is 1. The van der Waals surface area contributed by atoms with Crippen LogP contribution in [0.5, 0.6) is 0 Å². The van der Waals surface area contributed by atoms with Crippen LogP contribution in [0.2, 0.25) is 0 Å². The second-order valence-corrected chi connectivity index (χ2v) is 8.54. The number of ether oxygens (including phenoxy) is 1. The summed E-state index contributed by atoms with van der Waals surface area (Å²) in [6.45, 7) is 4.78. The largest absolute Gasteiger partial charge is 0.381 e. The van der Waals surface area contributed by atoms with Crippen molar-refractivity contribution < 1.29 is 4.74 Å². The summed E-state index contributed by atoms with van der Waals surface area (Å²) < 4.78 is 4.94. The van der Waals surface area contributed by atoms with Crippen LogP contribution in [0.25, 0.3) is 18.2 Å². The van der Waals surface area contributed by atoms with E-state index in [4.69, 9.17) is 16.3 Å². The highest BCUT2D eigenvalue weighted by Crippen LogP contribution is 2.02. The molecule has 5 nitrogen and oxygen atoms in total. The van der Waals surface area contributed by atoms with Gasteiger partial charge in [0, 0.05) is 45.5 Å². The molecule has 1 aliphatic rings. The Bertz CT molecular complexity index is 933. The highest BCUT2D eigenvalue weighted by atomic mass is 35.5. The van der Waals surface area contributed by atoms with Crippen LogP contribution in [-0.4, -0.2) is 45.5 Å². The number of rotatable bonds is 10. The molecule has 3 aromatic carbocycles. The van der Waals surface area contributed by atoms with E-state index in [2.05, 4.69) is 70.7 Å². The molecule has 0 unspecified atom stereocenters. The summed E-state index contributed by atoms with van der Waals surface area (Å²) in [4.78, 5) is 0. The van der Waals surface area contributed by atoms with E-state index in [0.717, 1.165) is 33.0 Å². The highest BCUT2D eigenvalue weighted by Gasteiger charge is 1.94. The van der Waals surface area contributed by atoms with Gasteiger partial charge in [0.1, 0.15) is 0 Å². The number of alkyl halides is 1. The van der Waals surface area contributed by atoms with Crippen molar-refractivity contribution in [2.24, 2.45) is 11.5 Å². The Morgan fingerprint density at radius 2 is 0.974 bits per heavy atom. The molecule has 1 heterocycles. The predicted molar refractivity (Wildman–Crippen MR) is 171 cm³/mol. The van der Waals surface area contributed by atoms with E-state index in [1.807, 2.05) is 78.9 Å². The summed E-state index contributed by atoms with van der Waals surface area (Å²) in [5.41, 5.74) is 12.9. The fourth-order valence-corrected chi connectivity index (χ4v) is 3.26. The van der Waals surface area contributed by atoms with Gasteiger partial charge in [-0.15, -0.1) is 11.6 Å². The summed E-state index contributed by atoms with van der Waals surface area (Å²) in [5, 5.41) is 6.65. The minimum absolute atomic E-state index is 0.250. The average Bonchev–Trinajstić information content (AvgIpc) is 3.58. The molecule has 1 saturated heterocycles. The van der Waals surface area contributed by atoms with E-state index in [9.17, 15) is 0 Å². The third-order valence-corrected chi connectivity index (χ3v) is 5.20. The zero-order valence-electron chi connectivity index (χ0n) is 22.9. The first-order valence-electron chi connectivity index (χ1n) is 13.4. The molecule has 3 aromatic rings. The number of nitrogens with one attached hydrogen (secondary N) is 2. The Labute approximate surface area is 240 Å². The van der Waals surface area contributed by atoms with Gasteiger partial charge < -0.3 is 26.8 Å². The molecule has 0 spiro atoms. The van der Waals surface area contributed by atoms with Crippen molar-refractivity contribution in [2.45, 2.75) is 12.8 Å². The molecule has 210 valence electrons. The molecule has 4 rings (SSSR count). The number of hydrogen-bond donors (Lipinski definition) is 4. The summed E-state index contributed by atoms with van der Waals surface area (Å²) >= 11 is 5.46. The summed E-state index contributed by atoms with van der Waals surface area (Å²) in [5.74, 6) is 0.578. The number of allylic oxidation sites excluding steroid dienone is 1. The van der Waals surface area contributed by atoms with Crippen molar-refractivity contribution in [2.75, 3.05) is 45.5 Å². The van der Waals surface area contributed by atoms with Crippen LogP contribution in [0.3, 0.4) is 0 Å². The molecule has 0 aliphatic carbocycles. The van der Waals surface area contributed by atoms with Crippen molar-refractivity contribution >= 4 is 29.8 Å². The molecular weight excluding hydrogens is 504 g/mol. The molecule has 0 aromatic heterocycles. The molecule has 1 aliphatic heterocycles. The van der Waals surface area contributed by atoms with Gasteiger partial charge in [-0.3, -0.25) is 0 Å². The van der Waals surface area contributed by atoms with Gasteiger partial charge >= 0.3 is 0 Å². The van der Waals surface area contributed by atoms with Crippen molar-refractivity contribution in [3.63, 3.8) is 0 Å². The van der Waals surface area contributed by atoms with E-state index in [0.29, 0.717) is 5.88 Å². The Morgan fingerprint density at radius 3 is 1.28 bits per heavy atom. The van der Waals surface area contributed by atoms with Gasteiger partial charge in [-0.1, -0.05) is 127 Å². The quantitative estimate of drug-likeness (QED) is 0.139. The average molecular weight is 549 g/mol. The van der Waals surface area contributed by atoms with Crippen LogP contribution in [0.15, 0.2) is 109 Å². The Morgan fingerprint density at radius 1 is 0.615 bits per heavy atom. The smallest absolute Gasteiger partial charge is 0.0466 e. The molecule has 0 atom stereocenters. The number of hydrogen-bond acceptors (Lipinski definition) is 5. The summed E-state index contributed by atoms with van der Waals surface area (Å²) in [6, 6.07) is 30.8. The van der Waals surface area contributed by atoms with Gasteiger partial charge in [-0.2, -0.15) is 0 Å². The predicted octanol–water partition coefficient (Wildman–Crippen LogP) is 6.15. The molecule has 39 heavy (non-hydrogen) atoms. The molecule has 6 N–H and O–H groups in total. The second kappa shape index (κ2) is 26.6. The zero-order chi connectivity index (χ0) is 28.1. The van der Waals surface area contributed by atoms with Gasteiger partial charge in [-0.05, 0) is 29.5 Å². The molecular formula is C33H45ClN4O. The minimum atomic E-state index is 0.250. The Kier molecular flexibility index (Phi) is 23.2. The first-order chi connectivity index (χ1) is 19.3. The van der Waals surface area contributed by atoms with Crippen molar-refractivity contribution in [3.05, 3.63) is 126 Å². The lowest BCUT2D eigenvalue weighted by atomic mass is 10.2. The van der Waals surface area contributed by atoms with E-state index < -0.39 is 0 Å². The second-order valence-electron chi connectivity index (χ2n) is 8.23. The number of benzene rings is 3. The van der Waals surface area contributed by atoms with Crippen molar-refractivity contribution in [3.8, 4) is 0 Å². The first-order valence-corrected chi connectivity index (χ1v) is 13.9. The van der Waals surface area contributed by atoms with Gasteiger partial charge in [0.15, 0.2) is 0 Å². The lowest BCUT2D eigenvalue weighted by Crippen LogP contribution is -2.28. The Hall–Kier alpha value is -3.03. The van der Waals surface area contributed by atoms with E-state index in [1.165, 1.54) is 29.5 Å². The molecule has 0 amide bonds. The fraction of sp³-hybridized carbons (Fsp3) is 0.273. The van der Waals surface area contributed by atoms with E-state index in [-0.39, 0.29) is 6.67 Å². The lowest BCUT2D eigenvalue weighted by Gasteiger charge is -2.01. The van der Waals surface area contributed by atoms with E-state index >= 15 is 0 Å². The van der Waals surface area contributed by atoms with Crippen molar-refractivity contribution in [1.29, 1.82) is 0 Å². The normalized spacial score (nSPS) is 12.4. The number of nitrogens with two attached hydrogens (primary N) is 2. The van der Waals surface area contributed by atoms with Crippen LogP contribution in [0, 0.1) is 0 Å². The molecule has 0 bridgehead atoms. The topological polar surface area (TPSA) is 85.3 Å². The highest BCUT2D eigenvalue weighted by molar-refractivity contribution is 6.19. The third-order valence-electron chi connectivity index (χ3n) is 5.02. The van der Waals surface area contributed by atoms with Gasteiger partial charge in [-0.25, -0.2) is 0 Å². The van der Waals surface area contributed by atoms with Crippen LogP contribution in [-0.2, 0) is 4.74 Å². The third kappa shape index (κ3) is 21.6. The summed E-state index contributed by atoms with van der Waals surface area (Å²) in [7, 11) is 0. The van der Waals surface area contributed by atoms with Crippen LogP contribution >= 0.6 is 11.6 Å². The van der Waals surface area contributed by atoms with Crippen molar-refractivity contribution in [1.82, 2.24) is 10.6 Å². The molecule has 1 fully saturated rings. The molecule has 0 radical (unpaired) electrons. The lowest BCUT2D eigenvalue weighted by molar-refractivity contribution is 0.198. The standard InChI is InChI=1S/C19H22N2.C9H9Cl.C4H8O.CH6N2/c1-3-9-18(10-4-1)13-7-15-20-17-21-16-8-14-19-11-5-2-6-12-19;10-8-4-7-9-5-2-1-3-6-9;1-2-4-5-3-1;2-1-3/h1-14,20-21H,15-17H2;1-7H,8H2;1-4H2;1-3H2/b13-7+,14-8+;7-4+;;. The fourth-order valence-electron chi connectivity index (χ4n) is 3.17. The van der Waals surface area contributed by atoms with Gasteiger partial charge in [0.05, 0.1) is 0 Å². The maximum Gasteiger partial charge on any atom is 0.0466 e. The van der Waals surface area contributed by atoms with Gasteiger partial charge in [0.2, 0.25) is 0 Å². The first kappa shape index (κ1) is 34.0. The minimum Gasteiger partial charge on any atom is -0.381 e. The van der Waals surface area contributed by atoms with Crippen LogP contribution in [0.1, 0.15) is 29.5 Å². The zero-order valence-corrected chi connectivity index (χ0v) is 23.7. The maximum atomic E-state index is 5.46. The van der Waals surface area contributed by atoms with Crippen LogP contribution in [0.4, 0.5) is 0 Å².